The molecular weight excluding hydrogens is 201 g/mol. The van der Waals surface area contributed by atoms with Crippen molar-refractivity contribution in [1.29, 1.82) is 0 Å². The monoisotopic (exact) mass is 213 g/mol. The van der Waals surface area contributed by atoms with Crippen molar-refractivity contribution in [1.82, 2.24) is 0 Å². The highest BCUT2D eigenvalue weighted by atomic mass is 35.5. The van der Waals surface area contributed by atoms with Crippen LogP contribution in [0.15, 0.2) is 11.1 Å². The normalized spacial score (nSPS) is 13.2. The maximum absolute atomic E-state index is 10.8. The zero-order valence-electron chi connectivity index (χ0n) is 7.14. The minimum Gasteiger partial charge on any atom is -1.00 e. The highest BCUT2D eigenvalue weighted by Gasteiger charge is 2.07. The molecule has 0 radical (unpaired) electrons. The third kappa shape index (κ3) is 6.46. The quantitative estimate of drug-likeness (QED) is 0.410. The molecule has 0 aromatic rings. The van der Waals surface area contributed by atoms with Gasteiger partial charge >= 0.3 is 5.97 Å². The first-order valence-corrected chi connectivity index (χ1v) is 3.83. The Bertz CT molecular complexity index is 169. The Balaban J connectivity index is 0. The SMILES string of the molecule is CCOC(=O)/C(Cl)=C\[C@H](C)[NH3+].[Cl-]. The van der Waals surface area contributed by atoms with Crippen LogP contribution < -0.4 is 18.1 Å². The fourth-order valence-electron chi connectivity index (χ4n) is 0.518. The lowest BCUT2D eigenvalue weighted by Crippen LogP contribution is -3.00. The van der Waals surface area contributed by atoms with E-state index in [0.29, 0.717) is 6.61 Å². The number of hydrogen-bond acceptors (Lipinski definition) is 2. The average Bonchev–Trinajstić information content (AvgIpc) is 1.86. The lowest BCUT2D eigenvalue weighted by molar-refractivity contribution is -0.397. The first-order chi connectivity index (χ1) is 5.07. The maximum atomic E-state index is 10.8. The molecule has 12 heavy (non-hydrogen) atoms. The van der Waals surface area contributed by atoms with E-state index in [1.54, 1.807) is 13.0 Å². The van der Waals surface area contributed by atoms with E-state index in [1.807, 2.05) is 6.92 Å². The molecule has 72 valence electrons. The van der Waals surface area contributed by atoms with Crippen molar-refractivity contribution >= 4 is 17.6 Å². The van der Waals surface area contributed by atoms with Crippen LogP contribution in [0.3, 0.4) is 0 Å². The smallest absolute Gasteiger partial charge is 0.349 e. The highest BCUT2D eigenvalue weighted by Crippen LogP contribution is 2.03. The molecule has 0 bridgehead atoms. The van der Waals surface area contributed by atoms with Crippen LogP contribution in [0.2, 0.25) is 0 Å². The fourth-order valence-corrected chi connectivity index (χ4v) is 0.788. The number of carbonyl (C=O) groups excluding carboxylic acids is 1. The molecule has 0 fully saturated rings. The molecule has 0 aliphatic rings. The molecule has 0 aliphatic carbocycles. The van der Waals surface area contributed by atoms with Gasteiger partial charge in [-0.1, -0.05) is 11.6 Å². The number of rotatable bonds is 3. The van der Waals surface area contributed by atoms with Crippen LogP contribution in [-0.2, 0) is 9.53 Å². The van der Waals surface area contributed by atoms with E-state index in [4.69, 9.17) is 11.6 Å². The summed E-state index contributed by atoms with van der Waals surface area (Å²) >= 11 is 5.55. The molecule has 0 spiro atoms. The van der Waals surface area contributed by atoms with Crippen molar-refractivity contribution in [3.05, 3.63) is 11.1 Å². The van der Waals surface area contributed by atoms with Crippen LogP contribution in [0.25, 0.3) is 0 Å². The summed E-state index contributed by atoms with van der Waals surface area (Å²) in [6.07, 6.45) is 1.56. The molecule has 0 aromatic carbocycles. The second-order valence-electron chi connectivity index (χ2n) is 2.21. The lowest BCUT2D eigenvalue weighted by Gasteiger charge is -1.99. The third-order valence-electron chi connectivity index (χ3n) is 0.901. The molecule has 0 saturated carbocycles. The van der Waals surface area contributed by atoms with Crippen molar-refractivity contribution in [3.63, 3.8) is 0 Å². The Labute approximate surface area is 83.3 Å². The first kappa shape index (κ1) is 14.3. The van der Waals surface area contributed by atoms with Crippen LogP contribution in [0.4, 0.5) is 0 Å². The Morgan fingerprint density at radius 2 is 2.25 bits per heavy atom. The number of halogens is 2. The number of esters is 1. The van der Waals surface area contributed by atoms with Crippen molar-refractivity contribution < 1.29 is 27.7 Å². The van der Waals surface area contributed by atoms with Gasteiger partial charge in [0.15, 0.2) is 0 Å². The van der Waals surface area contributed by atoms with Crippen LogP contribution in [0, 0.1) is 0 Å². The average molecular weight is 214 g/mol. The van der Waals surface area contributed by atoms with E-state index in [-0.39, 0.29) is 23.5 Å². The summed E-state index contributed by atoms with van der Waals surface area (Å²) in [4.78, 5) is 10.8. The van der Waals surface area contributed by atoms with Gasteiger partial charge in [0.05, 0.1) is 6.61 Å². The number of carbonyl (C=O) groups is 1. The third-order valence-corrected chi connectivity index (χ3v) is 1.18. The first-order valence-electron chi connectivity index (χ1n) is 3.45. The van der Waals surface area contributed by atoms with Gasteiger partial charge in [0.1, 0.15) is 11.1 Å². The minimum absolute atomic E-state index is 0. The summed E-state index contributed by atoms with van der Waals surface area (Å²) in [7, 11) is 0. The molecule has 5 heteroatoms. The predicted octanol–water partition coefficient (Wildman–Crippen LogP) is -2.69. The van der Waals surface area contributed by atoms with Crippen LogP contribution in [0.1, 0.15) is 13.8 Å². The van der Waals surface area contributed by atoms with Gasteiger partial charge in [0.25, 0.3) is 0 Å². The Hall–Kier alpha value is -0.250. The van der Waals surface area contributed by atoms with Gasteiger partial charge in [-0.3, -0.25) is 0 Å². The van der Waals surface area contributed by atoms with E-state index < -0.39 is 5.97 Å². The number of ether oxygens (including phenoxy) is 1. The van der Waals surface area contributed by atoms with Crippen molar-refractivity contribution in [2.24, 2.45) is 0 Å². The van der Waals surface area contributed by atoms with E-state index >= 15 is 0 Å². The molecule has 0 aromatic heterocycles. The molecule has 3 N–H and O–H groups in total. The second-order valence-corrected chi connectivity index (χ2v) is 2.62. The molecule has 3 nitrogen and oxygen atoms in total. The van der Waals surface area contributed by atoms with Gasteiger partial charge in [-0.05, 0) is 19.9 Å². The van der Waals surface area contributed by atoms with Gasteiger partial charge in [-0.25, -0.2) is 4.79 Å². The van der Waals surface area contributed by atoms with Gasteiger partial charge in [-0.15, -0.1) is 0 Å². The Morgan fingerprint density at radius 3 is 2.58 bits per heavy atom. The summed E-state index contributed by atoms with van der Waals surface area (Å²) in [6.45, 7) is 3.91. The topological polar surface area (TPSA) is 53.9 Å². The zero-order chi connectivity index (χ0) is 8.85. The van der Waals surface area contributed by atoms with Gasteiger partial charge < -0.3 is 22.9 Å². The number of quaternary nitrogens is 1. The van der Waals surface area contributed by atoms with E-state index in [9.17, 15) is 4.79 Å². The molecule has 0 heterocycles. The van der Waals surface area contributed by atoms with Crippen LogP contribution >= 0.6 is 11.6 Å². The second kappa shape index (κ2) is 7.40. The molecule has 0 amide bonds. The summed E-state index contributed by atoms with van der Waals surface area (Å²) in [5.41, 5.74) is 3.65. The Kier molecular flexibility index (Phi) is 8.81. The van der Waals surface area contributed by atoms with Crippen LogP contribution in [0.5, 0.6) is 0 Å². The van der Waals surface area contributed by atoms with E-state index in [2.05, 4.69) is 10.5 Å². The summed E-state index contributed by atoms with van der Waals surface area (Å²) in [6, 6.07) is 0.0203. The summed E-state index contributed by atoms with van der Waals surface area (Å²) in [5, 5.41) is 0.106. The van der Waals surface area contributed by atoms with Crippen molar-refractivity contribution in [3.8, 4) is 0 Å². The Morgan fingerprint density at radius 1 is 1.75 bits per heavy atom. The van der Waals surface area contributed by atoms with Gasteiger partial charge in [0.2, 0.25) is 0 Å². The molecule has 0 rings (SSSR count). The minimum atomic E-state index is -0.482. The lowest BCUT2D eigenvalue weighted by atomic mass is 10.3. The molecule has 1 atom stereocenters. The standard InChI is InChI=1S/C7H12ClNO2.ClH/c1-3-11-7(10)6(8)4-5(2)9;/h4-5H,3,9H2,1-2H3;1H/b6-4+;/t5-;/m0./s1. The zero-order valence-corrected chi connectivity index (χ0v) is 8.65. The fraction of sp³-hybridized carbons (Fsp3) is 0.571. The summed E-state index contributed by atoms with van der Waals surface area (Å²) in [5.74, 6) is -0.482. The largest absolute Gasteiger partial charge is 1.00 e. The van der Waals surface area contributed by atoms with E-state index in [1.165, 1.54) is 0 Å². The molecule has 0 saturated heterocycles. The van der Waals surface area contributed by atoms with E-state index in [0.717, 1.165) is 0 Å². The van der Waals surface area contributed by atoms with Crippen molar-refractivity contribution in [2.75, 3.05) is 6.61 Å². The summed E-state index contributed by atoms with van der Waals surface area (Å²) < 4.78 is 4.64. The molecule has 0 aliphatic heterocycles. The maximum Gasteiger partial charge on any atom is 0.349 e. The van der Waals surface area contributed by atoms with Crippen LogP contribution in [-0.4, -0.2) is 18.6 Å². The number of hydrogen-bond donors (Lipinski definition) is 1. The molecule has 0 unspecified atom stereocenters. The predicted molar refractivity (Wildman–Crippen MR) is 42.9 cm³/mol. The van der Waals surface area contributed by atoms with Crippen molar-refractivity contribution in [2.45, 2.75) is 19.9 Å². The highest BCUT2D eigenvalue weighted by molar-refractivity contribution is 6.41. The molecular formula is C7H13Cl2NO2. The van der Waals surface area contributed by atoms with Gasteiger partial charge in [-0.2, -0.15) is 0 Å². The van der Waals surface area contributed by atoms with Gasteiger partial charge in [0, 0.05) is 0 Å².